The maximum absolute atomic E-state index is 2.89. The summed E-state index contributed by atoms with van der Waals surface area (Å²) in [4.78, 5) is 0. The fraction of sp³-hybridized carbons (Fsp3) is 1.00. The van der Waals surface area contributed by atoms with Crippen LogP contribution in [0.15, 0.2) is 0 Å². The lowest BCUT2D eigenvalue weighted by molar-refractivity contribution is -0.164. The second kappa shape index (κ2) is 5.41. The van der Waals surface area contributed by atoms with E-state index >= 15 is 0 Å². The van der Waals surface area contributed by atoms with Gasteiger partial charge in [0.15, 0.2) is 0 Å². The second-order valence-corrected chi connectivity index (χ2v) is 22.5. The molecule has 8 unspecified atom stereocenters. The average Bonchev–Trinajstić information content (AvgIpc) is 2.98. The van der Waals surface area contributed by atoms with Crippen LogP contribution in [-0.4, -0.2) is 6.78 Å². The Balaban J connectivity index is 1.64. The molecule has 0 aromatic heterocycles. The largest absolute Gasteiger partial charge is 0.0823 e. The summed E-state index contributed by atoms with van der Waals surface area (Å²) in [7, 11) is 0. The van der Waals surface area contributed by atoms with Crippen LogP contribution in [0.2, 0.25) is 0 Å². The molecule has 130 valence electrons. The molecule has 6 aliphatic carbocycles. The summed E-state index contributed by atoms with van der Waals surface area (Å²) in [6.45, 7) is 4.87. The molecule has 6 saturated carbocycles. The van der Waals surface area contributed by atoms with Crippen molar-refractivity contribution in [2.24, 2.45) is 46.3 Å². The van der Waals surface area contributed by atoms with Gasteiger partial charge < -0.3 is 0 Å². The Morgan fingerprint density at radius 1 is 1.13 bits per heavy atom. The highest BCUT2D eigenvalue weighted by atomic mass is 127. The molecule has 2 bridgehead atoms. The van der Waals surface area contributed by atoms with Crippen LogP contribution >= 0.6 is 113 Å². The zero-order chi connectivity index (χ0) is 16.6. The second-order valence-electron chi connectivity index (χ2n) is 9.07. The van der Waals surface area contributed by atoms with Gasteiger partial charge in [0, 0.05) is 3.92 Å². The monoisotopic (exact) mass is 874 g/mol. The molecule has 0 nitrogen and oxygen atoms in total. The molecule has 0 heterocycles. The maximum atomic E-state index is 2.89. The van der Waals surface area contributed by atoms with E-state index in [2.05, 4.69) is 127 Å². The fourth-order valence-electron chi connectivity index (χ4n) is 8.59. The van der Waals surface area contributed by atoms with Gasteiger partial charge in [0.25, 0.3) is 0 Å². The molecule has 0 saturated heterocycles. The van der Waals surface area contributed by atoms with E-state index in [1.54, 1.807) is 12.8 Å². The fourth-order valence-corrected chi connectivity index (χ4v) is 14.2. The number of halogens is 5. The van der Waals surface area contributed by atoms with Crippen molar-refractivity contribution in [2.45, 2.75) is 52.7 Å². The highest BCUT2D eigenvalue weighted by molar-refractivity contribution is 14.2. The van der Waals surface area contributed by atoms with Crippen LogP contribution in [0.4, 0.5) is 0 Å². The summed E-state index contributed by atoms with van der Waals surface area (Å²) in [6, 6.07) is 0. The third kappa shape index (κ3) is 1.96. The van der Waals surface area contributed by atoms with Crippen LogP contribution in [0.3, 0.4) is 0 Å². The van der Waals surface area contributed by atoms with Crippen LogP contribution in [0, 0.1) is 46.3 Å². The molecule has 6 rings (SSSR count). The molecule has 2 spiro atoms. The normalized spacial score (nSPS) is 58.6. The Hall–Kier alpha value is 3.65. The lowest BCUT2D eigenvalue weighted by atomic mass is 9.40. The topological polar surface area (TPSA) is 0 Å². The van der Waals surface area contributed by atoms with E-state index in [1.165, 1.54) is 19.3 Å². The van der Waals surface area contributed by atoms with Crippen LogP contribution in [0.5, 0.6) is 0 Å². The Morgan fingerprint density at radius 2 is 1.83 bits per heavy atom. The zero-order valence-electron chi connectivity index (χ0n) is 13.5. The van der Waals surface area contributed by atoms with Gasteiger partial charge in [-0.3, -0.25) is 0 Å². The molecule has 0 aromatic rings. The Bertz CT molecular complexity index is 574. The number of hydrogen-bond donors (Lipinski definition) is 0. The van der Waals surface area contributed by atoms with Gasteiger partial charge in [0.05, 0.1) is 2.86 Å². The van der Waals surface area contributed by atoms with Crippen molar-refractivity contribution in [1.82, 2.24) is 0 Å². The van der Waals surface area contributed by atoms with Crippen LogP contribution in [0.1, 0.15) is 46.0 Å². The van der Waals surface area contributed by atoms with Gasteiger partial charge >= 0.3 is 0 Å². The zero-order valence-corrected chi connectivity index (χ0v) is 24.3. The Kier molecular flexibility index (Phi) is 4.39. The highest BCUT2D eigenvalue weighted by Gasteiger charge is 2.93. The lowest BCUT2D eigenvalue weighted by Gasteiger charge is -2.66. The molecule has 9 atom stereocenters. The van der Waals surface area contributed by atoms with E-state index in [0.29, 0.717) is 2.86 Å². The van der Waals surface area contributed by atoms with E-state index in [0.717, 1.165) is 50.3 Å². The minimum atomic E-state index is 0.500. The van der Waals surface area contributed by atoms with Gasteiger partial charge in [-0.05, 0) is 78.4 Å². The summed E-state index contributed by atoms with van der Waals surface area (Å²) in [5, 5.41) is 0. The minimum Gasteiger partial charge on any atom is -0.0823 e. The van der Waals surface area contributed by atoms with E-state index in [-0.39, 0.29) is 0 Å². The standard InChI is InChI=1S/C18H23I5/c1-3-9(19)10-12-11(17(20,21)4-2)8-5-15-6-16(8,12)14(15)13(10)18(22,23)7-15/h8-14H,3-7H2,1-2H3/t8?,9?,10-,11?,12?,13?,14?,15?,16?/m0/s1. The smallest absolute Gasteiger partial charge is 0.0774 e. The van der Waals surface area contributed by atoms with E-state index in [9.17, 15) is 0 Å². The summed E-state index contributed by atoms with van der Waals surface area (Å²) >= 11 is 14.3. The van der Waals surface area contributed by atoms with Crippen molar-refractivity contribution < 1.29 is 0 Å². The first kappa shape index (κ1) is 18.7. The first-order valence-corrected chi connectivity index (χ1v) is 14.6. The van der Waals surface area contributed by atoms with Crippen molar-refractivity contribution in [1.29, 1.82) is 0 Å². The van der Waals surface area contributed by atoms with E-state index in [1.807, 2.05) is 0 Å². The minimum absolute atomic E-state index is 0.500. The van der Waals surface area contributed by atoms with Gasteiger partial charge in [0.2, 0.25) is 0 Å². The molecule has 6 aliphatic rings. The van der Waals surface area contributed by atoms with Crippen LogP contribution in [0.25, 0.3) is 0 Å². The third-order valence-corrected chi connectivity index (χ3v) is 15.6. The predicted octanol–water partition coefficient (Wildman–Crippen LogP) is 7.65. The molecule has 0 aliphatic heterocycles. The molecule has 6 fully saturated rings. The average molecular weight is 874 g/mol. The predicted molar refractivity (Wildman–Crippen MR) is 140 cm³/mol. The molecule has 5 heteroatoms. The summed E-state index contributed by atoms with van der Waals surface area (Å²) in [5.74, 6) is 6.27. The Labute approximate surface area is 208 Å². The van der Waals surface area contributed by atoms with E-state index in [4.69, 9.17) is 0 Å². The first-order chi connectivity index (χ1) is 10.7. The quantitative estimate of drug-likeness (QED) is 0.201. The lowest BCUT2D eigenvalue weighted by Crippen LogP contribution is -2.63. The van der Waals surface area contributed by atoms with Gasteiger partial charge in [-0.25, -0.2) is 0 Å². The number of rotatable bonds is 4. The van der Waals surface area contributed by atoms with Crippen molar-refractivity contribution in [3.05, 3.63) is 0 Å². The first-order valence-electron chi connectivity index (χ1n) is 9.06. The Morgan fingerprint density at radius 3 is 2.43 bits per heavy atom. The summed E-state index contributed by atoms with van der Waals surface area (Å²) in [5.41, 5.74) is 1.59. The molecule has 0 N–H and O–H groups in total. The van der Waals surface area contributed by atoms with Crippen molar-refractivity contribution >= 4 is 113 Å². The van der Waals surface area contributed by atoms with Crippen molar-refractivity contribution in [3.8, 4) is 0 Å². The molecule has 0 aromatic carbocycles. The summed E-state index contributed by atoms with van der Waals surface area (Å²) < 4.78 is 1.94. The third-order valence-electron chi connectivity index (χ3n) is 8.69. The SMILES string of the molecule is CCC(I)[C@@H]1C2C3C4(CC5C(C(I)(I)CC)C1C53C4)CC2(I)I. The highest BCUT2D eigenvalue weighted by Crippen LogP contribution is 2.98. The molecular formula is C18H23I5. The van der Waals surface area contributed by atoms with Crippen molar-refractivity contribution in [3.63, 3.8) is 0 Å². The van der Waals surface area contributed by atoms with Gasteiger partial charge in [0.1, 0.15) is 0 Å². The van der Waals surface area contributed by atoms with Crippen LogP contribution in [-0.2, 0) is 0 Å². The van der Waals surface area contributed by atoms with Crippen LogP contribution < -0.4 is 0 Å². The number of alkyl halides is 5. The van der Waals surface area contributed by atoms with Gasteiger partial charge in [-0.15, -0.1) is 0 Å². The molecule has 23 heavy (non-hydrogen) atoms. The maximum Gasteiger partial charge on any atom is 0.0774 e. The van der Waals surface area contributed by atoms with Gasteiger partial charge in [-0.1, -0.05) is 127 Å². The van der Waals surface area contributed by atoms with Crippen molar-refractivity contribution in [2.75, 3.05) is 0 Å². The molecule has 0 amide bonds. The summed E-state index contributed by atoms with van der Waals surface area (Å²) in [6.07, 6.45) is 7.46. The van der Waals surface area contributed by atoms with Gasteiger partial charge in [-0.2, -0.15) is 0 Å². The molecule has 0 radical (unpaired) electrons. The number of hydrogen-bond acceptors (Lipinski definition) is 0. The molecular weight excluding hydrogens is 851 g/mol. The van der Waals surface area contributed by atoms with E-state index < -0.39 is 0 Å².